The minimum absolute atomic E-state index is 0.242. The molecule has 4 heteroatoms. The Bertz CT molecular complexity index is 2180. The zero-order valence-electron chi connectivity index (χ0n) is 23.0. The maximum atomic E-state index is 13.9. The number of hydrogen-bond acceptors (Lipinski definition) is 1. The average Bonchev–Trinajstić information content (AvgIpc) is 3.61. The zero-order chi connectivity index (χ0) is 28.2. The van der Waals surface area contributed by atoms with Crippen LogP contribution in [0.25, 0.3) is 66.3 Å². The van der Waals surface area contributed by atoms with Crippen LogP contribution in [0.15, 0.2) is 140 Å². The third-order valence-corrected chi connectivity index (χ3v) is 8.12. The third-order valence-electron chi connectivity index (χ3n) is 8.12. The molecule has 0 saturated carbocycles. The molecule has 0 atom stereocenters. The van der Waals surface area contributed by atoms with Gasteiger partial charge in [0.05, 0.1) is 28.4 Å². The minimum atomic E-state index is -0.242. The number of para-hydroxylation sites is 2. The normalized spacial score (nSPS) is 11.6. The van der Waals surface area contributed by atoms with Crippen LogP contribution >= 0.6 is 0 Å². The molecule has 0 amide bonds. The van der Waals surface area contributed by atoms with Gasteiger partial charge in [-0.15, -0.1) is 0 Å². The predicted molar refractivity (Wildman–Crippen MR) is 171 cm³/mol. The molecular formula is C38H26FN3. The summed E-state index contributed by atoms with van der Waals surface area (Å²) in [6.45, 7) is 2.10. The van der Waals surface area contributed by atoms with Gasteiger partial charge < -0.3 is 4.57 Å². The summed E-state index contributed by atoms with van der Waals surface area (Å²) in [5, 5.41) is 8.28. The van der Waals surface area contributed by atoms with E-state index in [4.69, 9.17) is 5.10 Å². The molecule has 0 aliphatic heterocycles. The lowest BCUT2D eigenvalue weighted by Crippen LogP contribution is -1.97. The van der Waals surface area contributed by atoms with Crippen LogP contribution in [0.1, 0.15) is 5.56 Å². The fraction of sp³-hybridized carbons (Fsp3) is 0.0263. The number of benzene rings is 6. The molecule has 6 aromatic carbocycles. The highest BCUT2D eigenvalue weighted by Gasteiger charge is 2.18. The molecular weight excluding hydrogens is 517 g/mol. The maximum absolute atomic E-state index is 13.9. The molecule has 0 radical (unpaired) electrons. The van der Waals surface area contributed by atoms with E-state index < -0.39 is 0 Å². The lowest BCUT2D eigenvalue weighted by atomic mass is 9.97. The summed E-state index contributed by atoms with van der Waals surface area (Å²) in [6, 6.07) is 45.2. The predicted octanol–water partition coefficient (Wildman–Crippen LogP) is 9.90. The van der Waals surface area contributed by atoms with Gasteiger partial charge in [0.1, 0.15) is 5.82 Å². The van der Waals surface area contributed by atoms with Crippen LogP contribution in [-0.2, 0) is 0 Å². The largest absolute Gasteiger partial charge is 0.308 e. The van der Waals surface area contributed by atoms with Crippen molar-refractivity contribution in [2.45, 2.75) is 6.92 Å². The summed E-state index contributed by atoms with van der Waals surface area (Å²) in [5.41, 5.74) is 10.8. The van der Waals surface area contributed by atoms with Crippen LogP contribution < -0.4 is 0 Å². The summed E-state index contributed by atoms with van der Waals surface area (Å²) < 4.78 is 18.3. The highest BCUT2D eigenvalue weighted by atomic mass is 19.1. The number of fused-ring (bicyclic) bond motifs is 5. The van der Waals surface area contributed by atoms with Crippen molar-refractivity contribution in [2.75, 3.05) is 0 Å². The van der Waals surface area contributed by atoms with Gasteiger partial charge >= 0.3 is 0 Å². The number of rotatable bonds is 4. The molecule has 0 bridgehead atoms. The molecule has 200 valence electrons. The SMILES string of the molecule is Cc1ccc(-c2cc(-c3ccc(F)cc3)cc(-n3c4ccccc4c4ccc5c(cnn5-c5ccccc5)c43)c2)cc1. The Kier molecular flexibility index (Phi) is 5.54. The first-order chi connectivity index (χ1) is 20.6. The summed E-state index contributed by atoms with van der Waals surface area (Å²) >= 11 is 0. The van der Waals surface area contributed by atoms with Gasteiger partial charge in [-0.1, -0.05) is 78.4 Å². The first-order valence-electron chi connectivity index (χ1n) is 14.1. The second-order valence-electron chi connectivity index (χ2n) is 10.8. The van der Waals surface area contributed by atoms with Gasteiger partial charge in [-0.05, 0) is 89.8 Å². The van der Waals surface area contributed by atoms with Gasteiger partial charge in [-0.3, -0.25) is 0 Å². The fourth-order valence-electron chi connectivity index (χ4n) is 6.07. The Hall–Kier alpha value is -5.48. The van der Waals surface area contributed by atoms with Gasteiger partial charge in [0.15, 0.2) is 0 Å². The smallest absolute Gasteiger partial charge is 0.123 e. The Morgan fingerprint density at radius 3 is 1.93 bits per heavy atom. The quantitative estimate of drug-likeness (QED) is 0.217. The molecule has 0 aliphatic carbocycles. The zero-order valence-corrected chi connectivity index (χ0v) is 23.0. The van der Waals surface area contributed by atoms with E-state index in [0.29, 0.717) is 0 Å². The van der Waals surface area contributed by atoms with Crippen molar-refractivity contribution in [1.82, 2.24) is 14.3 Å². The standard InChI is InChI=1S/C38H26FN3/c1-25-11-13-26(14-12-25)28-21-29(27-15-17-30(39)18-16-27)23-32(22-28)41-36-10-6-5-9-33(36)34-19-20-37-35(38(34)41)24-40-42(37)31-7-3-2-4-8-31/h2-24H,1H3. The van der Waals surface area contributed by atoms with Crippen LogP contribution in [-0.4, -0.2) is 14.3 Å². The van der Waals surface area contributed by atoms with E-state index in [1.807, 2.05) is 41.2 Å². The van der Waals surface area contributed by atoms with Crippen molar-refractivity contribution in [2.24, 2.45) is 0 Å². The molecule has 3 nitrogen and oxygen atoms in total. The molecule has 0 spiro atoms. The Balaban J connectivity index is 1.46. The van der Waals surface area contributed by atoms with Gasteiger partial charge in [-0.2, -0.15) is 5.10 Å². The van der Waals surface area contributed by atoms with E-state index >= 15 is 0 Å². The molecule has 0 unspecified atom stereocenters. The van der Waals surface area contributed by atoms with Crippen LogP contribution in [0.2, 0.25) is 0 Å². The van der Waals surface area contributed by atoms with Crippen molar-refractivity contribution in [3.8, 4) is 33.6 Å². The Morgan fingerprint density at radius 1 is 0.524 bits per heavy atom. The van der Waals surface area contributed by atoms with E-state index in [2.05, 4.69) is 102 Å². The molecule has 42 heavy (non-hydrogen) atoms. The Morgan fingerprint density at radius 2 is 1.19 bits per heavy atom. The fourth-order valence-corrected chi connectivity index (χ4v) is 6.07. The summed E-state index contributed by atoms with van der Waals surface area (Å²) in [6.07, 6.45) is 1.98. The van der Waals surface area contributed by atoms with Crippen LogP contribution in [0.5, 0.6) is 0 Å². The van der Waals surface area contributed by atoms with E-state index in [-0.39, 0.29) is 5.82 Å². The van der Waals surface area contributed by atoms with Crippen LogP contribution in [0.4, 0.5) is 4.39 Å². The van der Waals surface area contributed by atoms with Crippen molar-refractivity contribution in [3.63, 3.8) is 0 Å². The lowest BCUT2D eigenvalue weighted by molar-refractivity contribution is 0.628. The second kappa shape index (κ2) is 9.57. The van der Waals surface area contributed by atoms with Crippen molar-refractivity contribution in [3.05, 3.63) is 151 Å². The molecule has 0 fully saturated rings. The summed E-state index contributed by atoms with van der Waals surface area (Å²) in [5.74, 6) is -0.242. The molecule has 0 aliphatic rings. The van der Waals surface area contributed by atoms with Crippen molar-refractivity contribution in [1.29, 1.82) is 0 Å². The maximum Gasteiger partial charge on any atom is 0.123 e. The van der Waals surface area contributed by atoms with Crippen LogP contribution in [0.3, 0.4) is 0 Å². The van der Waals surface area contributed by atoms with Gasteiger partial charge in [0.25, 0.3) is 0 Å². The summed E-state index contributed by atoms with van der Waals surface area (Å²) in [4.78, 5) is 0. The monoisotopic (exact) mass is 543 g/mol. The molecule has 2 heterocycles. The first kappa shape index (κ1) is 24.3. The Labute approximate surface area is 242 Å². The highest BCUT2D eigenvalue weighted by molar-refractivity contribution is 6.18. The molecule has 0 N–H and O–H groups in total. The third kappa shape index (κ3) is 3.92. The number of halogens is 1. The van der Waals surface area contributed by atoms with E-state index in [0.717, 1.165) is 55.6 Å². The van der Waals surface area contributed by atoms with E-state index in [9.17, 15) is 4.39 Å². The average molecular weight is 544 g/mol. The number of nitrogens with zero attached hydrogens (tertiary/aromatic N) is 3. The summed E-state index contributed by atoms with van der Waals surface area (Å²) in [7, 11) is 0. The topological polar surface area (TPSA) is 22.8 Å². The van der Waals surface area contributed by atoms with Crippen molar-refractivity contribution >= 4 is 32.7 Å². The minimum Gasteiger partial charge on any atom is -0.308 e. The van der Waals surface area contributed by atoms with E-state index in [1.54, 1.807) is 0 Å². The van der Waals surface area contributed by atoms with E-state index in [1.165, 1.54) is 28.5 Å². The number of aromatic nitrogens is 3. The van der Waals surface area contributed by atoms with Crippen molar-refractivity contribution < 1.29 is 4.39 Å². The highest BCUT2D eigenvalue weighted by Crippen LogP contribution is 2.39. The molecule has 2 aromatic heterocycles. The van der Waals surface area contributed by atoms with Gasteiger partial charge in [0.2, 0.25) is 0 Å². The first-order valence-corrected chi connectivity index (χ1v) is 14.1. The second-order valence-corrected chi connectivity index (χ2v) is 10.8. The molecule has 8 rings (SSSR count). The number of hydrogen-bond donors (Lipinski definition) is 0. The van der Waals surface area contributed by atoms with Crippen LogP contribution in [0, 0.1) is 12.7 Å². The van der Waals surface area contributed by atoms with Gasteiger partial charge in [-0.25, -0.2) is 9.07 Å². The lowest BCUT2D eigenvalue weighted by Gasteiger charge is -2.14. The molecule has 8 aromatic rings. The number of aryl methyl sites for hydroxylation is 1. The molecule has 0 saturated heterocycles. The van der Waals surface area contributed by atoms with Gasteiger partial charge in [0, 0.05) is 21.8 Å².